The van der Waals surface area contributed by atoms with Crippen LogP contribution in [0.3, 0.4) is 0 Å². The maximum atomic E-state index is 11.8. The summed E-state index contributed by atoms with van der Waals surface area (Å²) in [4.78, 5) is 16.3. The zero-order chi connectivity index (χ0) is 13.2. The predicted octanol–water partition coefficient (Wildman–Crippen LogP) is 1.44. The number of carbonyl (C=O) groups is 1. The molecule has 100 valence electrons. The Balaban J connectivity index is 1.68. The molecule has 5 nitrogen and oxygen atoms in total. The molecular formula is C14H17N3O2. The van der Waals surface area contributed by atoms with Crippen LogP contribution >= 0.6 is 0 Å². The van der Waals surface area contributed by atoms with Gasteiger partial charge in [0.1, 0.15) is 11.8 Å². The van der Waals surface area contributed by atoms with Crippen molar-refractivity contribution in [3.63, 3.8) is 0 Å². The zero-order valence-corrected chi connectivity index (χ0v) is 10.9. The van der Waals surface area contributed by atoms with Gasteiger partial charge in [-0.3, -0.25) is 4.79 Å². The molecule has 5 heteroatoms. The van der Waals surface area contributed by atoms with Crippen molar-refractivity contribution in [3.8, 4) is 0 Å². The van der Waals surface area contributed by atoms with E-state index in [9.17, 15) is 4.79 Å². The summed E-state index contributed by atoms with van der Waals surface area (Å²) < 4.78 is 7.36. The minimum Gasteiger partial charge on any atom is -0.368 e. The van der Waals surface area contributed by atoms with Crippen LogP contribution in [0.25, 0.3) is 5.65 Å². The minimum atomic E-state index is -0.279. The molecule has 2 aromatic rings. The quantitative estimate of drug-likeness (QED) is 0.907. The number of fused-ring (bicyclic) bond motifs is 1. The predicted molar refractivity (Wildman–Crippen MR) is 70.7 cm³/mol. The van der Waals surface area contributed by atoms with Crippen LogP contribution < -0.4 is 5.32 Å². The lowest BCUT2D eigenvalue weighted by Crippen LogP contribution is -2.33. The molecule has 0 saturated carbocycles. The lowest BCUT2D eigenvalue weighted by atomic mass is 10.2. The molecule has 0 aromatic carbocycles. The third kappa shape index (κ3) is 2.46. The van der Waals surface area contributed by atoms with Crippen molar-refractivity contribution in [1.29, 1.82) is 0 Å². The molecule has 3 heterocycles. The molecule has 0 bridgehead atoms. The van der Waals surface area contributed by atoms with E-state index in [4.69, 9.17) is 4.74 Å². The number of amides is 1. The summed E-state index contributed by atoms with van der Waals surface area (Å²) in [6, 6.07) is 5.97. The van der Waals surface area contributed by atoms with Crippen molar-refractivity contribution in [2.45, 2.75) is 32.4 Å². The second-order valence-corrected chi connectivity index (χ2v) is 4.85. The van der Waals surface area contributed by atoms with Gasteiger partial charge in [-0.1, -0.05) is 6.07 Å². The van der Waals surface area contributed by atoms with Gasteiger partial charge in [0.2, 0.25) is 5.91 Å². The zero-order valence-electron chi connectivity index (χ0n) is 10.9. The van der Waals surface area contributed by atoms with Crippen molar-refractivity contribution >= 4 is 11.6 Å². The van der Waals surface area contributed by atoms with Gasteiger partial charge in [-0.05, 0) is 31.9 Å². The molecule has 3 rings (SSSR count). The minimum absolute atomic E-state index is 0.0359. The van der Waals surface area contributed by atoms with Crippen LogP contribution in [0.5, 0.6) is 0 Å². The third-order valence-corrected chi connectivity index (χ3v) is 3.41. The summed E-state index contributed by atoms with van der Waals surface area (Å²) in [5.41, 5.74) is 2.89. The Morgan fingerprint density at radius 1 is 1.58 bits per heavy atom. The van der Waals surface area contributed by atoms with Crippen molar-refractivity contribution in [3.05, 3.63) is 35.8 Å². The Bertz CT molecular complexity index is 600. The molecule has 19 heavy (non-hydrogen) atoms. The maximum absolute atomic E-state index is 11.8. The molecular weight excluding hydrogens is 242 g/mol. The van der Waals surface area contributed by atoms with Gasteiger partial charge in [-0.2, -0.15) is 0 Å². The van der Waals surface area contributed by atoms with E-state index in [1.807, 2.05) is 35.7 Å². The maximum Gasteiger partial charge on any atom is 0.249 e. The highest BCUT2D eigenvalue weighted by Gasteiger charge is 2.23. The lowest BCUT2D eigenvalue weighted by Gasteiger charge is -2.08. The highest BCUT2D eigenvalue weighted by molar-refractivity contribution is 5.80. The molecule has 1 aliphatic rings. The number of nitrogens with zero attached hydrogens (tertiary/aromatic N) is 2. The van der Waals surface area contributed by atoms with Gasteiger partial charge < -0.3 is 14.5 Å². The Morgan fingerprint density at radius 2 is 2.47 bits per heavy atom. The average molecular weight is 259 g/mol. The van der Waals surface area contributed by atoms with Crippen LogP contribution in [0, 0.1) is 6.92 Å². The van der Waals surface area contributed by atoms with Crippen LogP contribution in [0.2, 0.25) is 0 Å². The summed E-state index contributed by atoms with van der Waals surface area (Å²) in [6.45, 7) is 3.16. The first-order chi connectivity index (χ1) is 9.24. The number of carbonyl (C=O) groups excluding carboxylic acids is 1. The number of hydrogen-bond donors (Lipinski definition) is 1. The van der Waals surface area contributed by atoms with E-state index >= 15 is 0 Å². The van der Waals surface area contributed by atoms with Crippen molar-refractivity contribution in [1.82, 2.24) is 14.7 Å². The molecule has 1 saturated heterocycles. The highest BCUT2D eigenvalue weighted by atomic mass is 16.5. The first-order valence-electron chi connectivity index (χ1n) is 6.57. The normalized spacial score (nSPS) is 18.9. The summed E-state index contributed by atoms with van der Waals surface area (Å²) >= 11 is 0. The molecule has 2 aromatic heterocycles. The monoisotopic (exact) mass is 259 g/mol. The molecule has 0 aliphatic carbocycles. The number of hydrogen-bond acceptors (Lipinski definition) is 3. The Hall–Kier alpha value is -1.88. The van der Waals surface area contributed by atoms with Crippen LogP contribution in [-0.2, 0) is 16.1 Å². The van der Waals surface area contributed by atoms with Gasteiger partial charge in [-0.25, -0.2) is 4.98 Å². The van der Waals surface area contributed by atoms with E-state index in [-0.39, 0.29) is 12.0 Å². The van der Waals surface area contributed by atoms with E-state index in [0.29, 0.717) is 13.2 Å². The second kappa shape index (κ2) is 5.01. The number of pyridine rings is 1. The average Bonchev–Trinajstić information content (AvgIpc) is 3.05. The van der Waals surface area contributed by atoms with Gasteiger partial charge in [0.05, 0.1) is 12.2 Å². The first-order valence-corrected chi connectivity index (χ1v) is 6.57. The van der Waals surface area contributed by atoms with Crippen LogP contribution in [0.1, 0.15) is 24.2 Å². The number of aromatic nitrogens is 2. The van der Waals surface area contributed by atoms with Gasteiger partial charge in [0, 0.05) is 18.5 Å². The number of aryl methyl sites for hydroxylation is 1. The molecule has 1 fully saturated rings. The van der Waals surface area contributed by atoms with Crippen molar-refractivity contribution < 1.29 is 9.53 Å². The van der Waals surface area contributed by atoms with Crippen LogP contribution in [-0.4, -0.2) is 28.0 Å². The highest BCUT2D eigenvalue weighted by Crippen LogP contribution is 2.12. The summed E-state index contributed by atoms with van der Waals surface area (Å²) in [6.07, 6.45) is 3.46. The smallest absolute Gasteiger partial charge is 0.249 e. The second-order valence-electron chi connectivity index (χ2n) is 4.85. The van der Waals surface area contributed by atoms with E-state index in [2.05, 4.69) is 10.3 Å². The Morgan fingerprint density at radius 3 is 3.21 bits per heavy atom. The van der Waals surface area contributed by atoms with E-state index < -0.39 is 0 Å². The van der Waals surface area contributed by atoms with Crippen molar-refractivity contribution in [2.75, 3.05) is 6.61 Å². The summed E-state index contributed by atoms with van der Waals surface area (Å²) in [5, 5.41) is 2.88. The number of imidazole rings is 1. The van der Waals surface area contributed by atoms with Crippen LogP contribution in [0.4, 0.5) is 0 Å². The SMILES string of the molecule is Cc1cccc2nc(CNC(=O)C3CCCO3)cn12. The first kappa shape index (κ1) is 12.2. The fourth-order valence-corrected chi connectivity index (χ4v) is 2.36. The summed E-state index contributed by atoms with van der Waals surface area (Å²) in [7, 11) is 0. The van der Waals surface area contributed by atoms with Gasteiger partial charge in [-0.15, -0.1) is 0 Å². The third-order valence-electron chi connectivity index (χ3n) is 3.41. The molecule has 1 unspecified atom stereocenters. The Labute approximate surface area is 111 Å². The van der Waals surface area contributed by atoms with E-state index in [1.165, 1.54) is 0 Å². The van der Waals surface area contributed by atoms with E-state index in [1.54, 1.807) is 0 Å². The molecule has 1 atom stereocenters. The summed E-state index contributed by atoms with van der Waals surface area (Å²) in [5.74, 6) is -0.0359. The molecule has 1 aliphatic heterocycles. The topological polar surface area (TPSA) is 55.6 Å². The fraction of sp³-hybridized carbons (Fsp3) is 0.429. The lowest BCUT2D eigenvalue weighted by molar-refractivity contribution is -0.130. The molecule has 1 amide bonds. The number of ether oxygens (including phenoxy) is 1. The molecule has 0 spiro atoms. The fourth-order valence-electron chi connectivity index (χ4n) is 2.36. The largest absolute Gasteiger partial charge is 0.368 e. The number of nitrogens with one attached hydrogen (secondary N) is 1. The van der Waals surface area contributed by atoms with Gasteiger partial charge in [0.25, 0.3) is 0 Å². The van der Waals surface area contributed by atoms with Crippen molar-refractivity contribution in [2.24, 2.45) is 0 Å². The van der Waals surface area contributed by atoms with Gasteiger partial charge >= 0.3 is 0 Å². The van der Waals surface area contributed by atoms with Crippen LogP contribution in [0.15, 0.2) is 24.4 Å². The number of rotatable bonds is 3. The van der Waals surface area contributed by atoms with Gasteiger partial charge in [0.15, 0.2) is 0 Å². The molecule has 1 N–H and O–H groups in total. The molecule has 0 radical (unpaired) electrons. The standard InChI is InChI=1S/C14H17N3O2/c1-10-4-2-6-13-16-11(9-17(10)13)8-15-14(18)12-5-3-7-19-12/h2,4,6,9,12H,3,5,7-8H2,1H3,(H,15,18). The van der Waals surface area contributed by atoms with E-state index in [0.717, 1.165) is 29.9 Å². The Kier molecular flexibility index (Phi) is 3.21.